The SMILES string of the molecule is CCOc1ccc2nc(CO)sc2c1. The van der Waals surface area contributed by atoms with E-state index in [1.165, 1.54) is 11.3 Å². The van der Waals surface area contributed by atoms with E-state index in [-0.39, 0.29) is 6.61 Å². The molecule has 0 aliphatic rings. The van der Waals surface area contributed by atoms with Crippen molar-refractivity contribution in [1.29, 1.82) is 0 Å². The van der Waals surface area contributed by atoms with E-state index in [2.05, 4.69) is 4.98 Å². The zero-order chi connectivity index (χ0) is 9.97. The van der Waals surface area contributed by atoms with Crippen molar-refractivity contribution in [2.24, 2.45) is 0 Å². The number of hydrogen-bond donors (Lipinski definition) is 1. The molecule has 0 fully saturated rings. The third kappa shape index (κ3) is 1.71. The fourth-order valence-electron chi connectivity index (χ4n) is 1.28. The standard InChI is InChI=1S/C10H11NO2S/c1-2-13-7-3-4-8-9(5-7)14-10(6-12)11-8/h3-5,12H,2,6H2,1H3. The van der Waals surface area contributed by atoms with E-state index in [4.69, 9.17) is 9.84 Å². The highest BCUT2D eigenvalue weighted by Crippen LogP contribution is 2.26. The minimum Gasteiger partial charge on any atom is -0.494 e. The molecular formula is C10H11NO2S. The third-order valence-electron chi connectivity index (χ3n) is 1.85. The predicted octanol–water partition coefficient (Wildman–Crippen LogP) is 2.19. The van der Waals surface area contributed by atoms with Crippen LogP contribution in [0.5, 0.6) is 5.75 Å². The van der Waals surface area contributed by atoms with Gasteiger partial charge < -0.3 is 9.84 Å². The van der Waals surface area contributed by atoms with Crippen molar-refractivity contribution in [3.05, 3.63) is 23.2 Å². The predicted molar refractivity (Wildman–Crippen MR) is 56.7 cm³/mol. The van der Waals surface area contributed by atoms with Gasteiger partial charge in [0.2, 0.25) is 0 Å². The van der Waals surface area contributed by atoms with Crippen LogP contribution >= 0.6 is 11.3 Å². The van der Waals surface area contributed by atoms with Crippen molar-refractivity contribution in [1.82, 2.24) is 4.98 Å². The molecule has 1 heterocycles. The number of aliphatic hydroxyl groups excluding tert-OH is 1. The lowest BCUT2D eigenvalue weighted by Crippen LogP contribution is -1.89. The molecule has 1 aromatic carbocycles. The van der Waals surface area contributed by atoms with Gasteiger partial charge in [-0.05, 0) is 25.1 Å². The van der Waals surface area contributed by atoms with Gasteiger partial charge in [-0.25, -0.2) is 4.98 Å². The Balaban J connectivity index is 2.43. The van der Waals surface area contributed by atoms with Crippen molar-refractivity contribution >= 4 is 21.6 Å². The molecule has 74 valence electrons. The summed E-state index contributed by atoms with van der Waals surface area (Å²) in [6.45, 7) is 2.62. The molecule has 14 heavy (non-hydrogen) atoms. The molecule has 4 heteroatoms. The minimum atomic E-state index is 0.00329. The maximum absolute atomic E-state index is 8.93. The fourth-order valence-corrected chi connectivity index (χ4v) is 2.13. The number of aromatic nitrogens is 1. The molecule has 1 N–H and O–H groups in total. The van der Waals surface area contributed by atoms with Crippen LogP contribution in [0.25, 0.3) is 10.2 Å². The van der Waals surface area contributed by atoms with Crippen molar-refractivity contribution in [3.63, 3.8) is 0 Å². The summed E-state index contributed by atoms with van der Waals surface area (Å²) in [5, 5.41) is 9.67. The summed E-state index contributed by atoms with van der Waals surface area (Å²) in [7, 11) is 0. The molecule has 2 rings (SSSR count). The second kappa shape index (κ2) is 3.94. The van der Waals surface area contributed by atoms with E-state index in [1.807, 2.05) is 25.1 Å². The third-order valence-corrected chi connectivity index (χ3v) is 2.85. The normalized spacial score (nSPS) is 10.7. The number of thiazole rings is 1. The second-order valence-electron chi connectivity index (χ2n) is 2.83. The van der Waals surface area contributed by atoms with Crippen LogP contribution in [0.4, 0.5) is 0 Å². The molecule has 0 amide bonds. The van der Waals surface area contributed by atoms with E-state index in [9.17, 15) is 0 Å². The Morgan fingerprint density at radius 1 is 1.50 bits per heavy atom. The fraction of sp³-hybridized carbons (Fsp3) is 0.300. The van der Waals surface area contributed by atoms with Gasteiger partial charge >= 0.3 is 0 Å². The van der Waals surface area contributed by atoms with Crippen LogP contribution in [-0.4, -0.2) is 16.7 Å². The van der Waals surface area contributed by atoms with Gasteiger partial charge in [-0.3, -0.25) is 0 Å². The Kier molecular flexibility index (Phi) is 2.65. The topological polar surface area (TPSA) is 42.4 Å². The number of benzene rings is 1. The molecule has 0 saturated heterocycles. The lowest BCUT2D eigenvalue weighted by atomic mass is 10.3. The van der Waals surface area contributed by atoms with Crippen molar-refractivity contribution in [2.45, 2.75) is 13.5 Å². The second-order valence-corrected chi connectivity index (χ2v) is 3.94. The number of aliphatic hydroxyl groups is 1. The van der Waals surface area contributed by atoms with Crippen LogP contribution in [0.3, 0.4) is 0 Å². The van der Waals surface area contributed by atoms with Gasteiger partial charge in [-0.15, -0.1) is 11.3 Å². The average molecular weight is 209 g/mol. The number of rotatable bonds is 3. The average Bonchev–Trinajstić information content (AvgIpc) is 2.60. The molecule has 0 radical (unpaired) electrons. The quantitative estimate of drug-likeness (QED) is 0.842. The first-order chi connectivity index (χ1) is 6.83. The van der Waals surface area contributed by atoms with E-state index in [1.54, 1.807) is 0 Å². The van der Waals surface area contributed by atoms with Gasteiger partial charge in [0.05, 0.1) is 23.4 Å². The summed E-state index contributed by atoms with van der Waals surface area (Å²) in [5.41, 5.74) is 0.919. The van der Waals surface area contributed by atoms with Crippen LogP contribution in [-0.2, 0) is 6.61 Å². The Hall–Kier alpha value is -1.13. The molecule has 2 aromatic rings. The highest BCUT2D eigenvalue weighted by molar-refractivity contribution is 7.18. The van der Waals surface area contributed by atoms with Gasteiger partial charge in [0.15, 0.2) is 0 Å². The lowest BCUT2D eigenvalue weighted by molar-refractivity contribution is 0.281. The van der Waals surface area contributed by atoms with Gasteiger partial charge in [0.1, 0.15) is 10.8 Å². The summed E-state index contributed by atoms with van der Waals surface area (Å²) in [4.78, 5) is 4.25. The summed E-state index contributed by atoms with van der Waals surface area (Å²) in [5.74, 6) is 0.855. The maximum atomic E-state index is 8.93. The lowest BCUT2D eigenvalue weighted by Gasteiger charge is -2.00. The molecule has 1 aromatic heterocycles. The van der Waals surface area contributed by atoms with Gasteiger partial charge in [-0.1, -0.05) is 0 Å². The molecule has 0 unspecified atom stereocenters. The van der Waals surface area contributed by atoms with Gasteiger partial charge in [0.25, 0.3) is 0 Å². The first kappa shape index (κ1) is 9.43. The molecule has 0 atom stereocenters. The van der Waals surface area contributed by atoms with E-state index < -0.39 is 0 Å². The zero-order valence-corrected chi connectivity index (χ0v) is 8.67. The number of nitrogens with zero attached hydrogens (tertiary/aromatic N) is 1. The van der Waals surface area contributed by atoms with Crippen molar-refractivity contribution < 1.29 is 9.84 Å². The molecular weight excluding hydrogens is 198 g/mol. The maximum Gasteiger partial charge on any atom is 0.120 e. The van der Waals surface area contributed by atoms with Crippen LogP contribution in [0.15, 0.2) is 18.2 Å². The number of ether oxygens (including phenoxy) is 1. The Labute approximate surface area is 86.0 Å². The highest BCUT2D eigenvalue weighted by atomic mass is 32.1. The molecule has 0 aliphatic heterocycles. The van der Waals surface area contributed by atoms with E-state index in [0.29, 0.717) is 6.61 Å². The van der Waals surface area contributed by atoms with Crippen LogP contribution < -0.4 is 4.74 Å². The number of fused-ring (bicyclic) bond motifs is 1. The summed E-state index contributed by atoms with van der Waals surface area (Å²) in [6, 6.07) is 5.76. The van der Waals surface area contributed by atoms with Crippen molar-refractivity contribution in [3.8, 4) is 5.75 Å². The van der Waals surface area contributed by atoms with Crippen molar-refractivity contribution in [2.75, 3.05) is 6.61 Å². The zero-order valence-electron chi connectivity index (χ0n) is 7.86. The Morgan fingerprint density at radius 3 is 3.07 bits per heavy atom. The first-order valence-electron chi connectivity index (χ1n) is 4.46. The molecule has 3 nitrogen and oxygen atoms in total. The Bertz CT molecular complexity index is 439. The molecule has 0 spiro atoms. The first-order valence-corrected chi connectivity index (χ1v) is 5.28. The van der Waals surface area contributed by atoms with Crippen LogP contribution in [0.1, 0.15) is 11.9 Å². The largest absolute Gasteiger partial charge is 0.494 e. The molecule has 0 aliphatic carbocycles. The van der Waals surface area contributed by atoms with Gasteiger partial charge in [-0.2, -0.15) is 0 Å². The summed E-state index contributed by atoms with van der Waals surface area (Å²) >= 11 is 1.50. The van der Waals surface area contributed by atoms with Crippen LogP contribution in [0, 0.1) is 0 Å². The molecule has 0 saturated carbocycles. The van der Waals surface area contributed by atoms with Gasteiger partial charge in [0, 0.05) is 0 Å². The van der Waals surface area contributed by atoms with E-state index >= 15 is 0 Å². The minimum absolute atomic E-state index is 0.00329. The molecule has 0 bridgehead atoms. The highest BCUT2D eigenvalue weighted by Gasteiger charge is 2.03. The Morgan fingerprint density at radius 2 is 2.36 bits per heavy atom. The smallest absolute Gasteiger partial charge is 0.120 e. The van der Waals surface area contributed by atoms with Crippen LogP contribution in [0.2, 0.25) is 0 Å². The monoisotopic (exact) mass is 209 g/mol. The summed E-state index contributed by atoms with van der Waals surface area (Å²) in [6.07, 6.45) is 0. The summed E-state index contributed by atoms with van der Waals surface area (Å²) < 4.78 is 6.43. The number of hydrogen-bond acceptors (Lipinski definition) is 4. The van der Waals surface area contributed by atoms with E-state index in [0.717, 1.165) is 21.0 Å².